The predicted octanol–water partition coefficient (Wildman–Crippen LogP) is 0.651. The van der Waals surface area contributed by atoms with Gasteiger partial charge in [0.2, 0.25) is 23.6 Å². The molecule has 0 aromatic rings. The Balaban J connectivity index is 1.81. The first-order chi connectivity index (χ1) is 16.8. The van der Waals surface area contributed by atoms with E-state index in [4.69, 9.17) is 9.47 Å². The van der Waals surface area contributed by atoms with Crippen molar-refractivity contribution in [2.45, 2.75) is 75.0 Å². The van der Waals surface area contributed by atoms with E-state index in [1.165, 1.54) is 0 Å². The topological polar surface area (TPSA) is 117 Å². The highest BCUT2D eigenvalue weighted by Gasteiger charge is 2.38. The maximum atomic E-state index is 13.0. The monoisotopic (exact) mass is 546 g/mol. The molecule has 4 amide bonds. The van der Waals surface area contributed by atoms with Gasteiger partial charge in [-0.15, -0.1) is 0 Å². The summed E-state index contributed by atoms with van der Waals surface area (Å²) in [6.07, 6.45) is 1.30. The summed E-state index contributed by atoms with van der Waals surface area (Å²) in [7, 11) is 0. The van der Waals surface area contributed by atoms with Crippen molar-refractivity contribution in [3.05, 3.63) is 0 Å². The molecular weight excluding hydrogens is 504 g/mol. The number of hydrogen-bond acceptors (Lipinski definition) is 8. The normalized spacial score (nSPS) is 18.8. The van der Waals surface area contributed by atoms with E-state index in [2.05, 4.69) is 35.9 Å². The Labute approximate surface area is 225 Å². The number of carbonyl (C=O) groups is 4. The third kappa shape index (κ3) is 9.75. The molecule has 2 saturated heterocycles. The van der Waals surface area contributed by atoms with Gasteiger partial charge in [-0.2, -0.15) is 25.3 Å². The van der Waals surface area contributed by atoms with Crippen molar-refractivity contribution < 1.29 is 28.7 Å². The van der Waals surface area contributed by atoms with E-state index in [1.54, 1.807) is 37.5 Å². The summed E-state index contributed by atoms with van der Waals surface area (Å²) < 4.78 is 9.12. The van der Waals surface area contributed by atoms with Gasteiger partial charge in [0, 0.05) is 48.5 Å². The zero-order chi connectivity index (χ0) is 26.9. The van der Waals surface area contributed by atoms with Crippen molar-refractivity contribution in [3.63, 3.8) is 0 Å². The number of unbranched alkanes of at least 4 members (excludes halogenated alkanes) is 1. The van der Waals surface area contributed by atoms with Gasteiger partial charge >= 0.3 is 0 Å². The van der Waals surface area contributed by atoms with Crippen LogP contribution in [0.25, 0.3) is 0 Å². The number of rotatable bonds is 11. The molecule has 2 unspecified atom stereocenters. The minimum absolute atomic E-state index is 0.170. The Morgan fingerprint density at radius 3 is 1.28 bits per heavy atom. The van der Waals surface area contributed by atoms with Gasteiger partial charge in [-0.05, 0) is 40.5 Å². The average Bonchev–Trinajstić information content (AvgIpc) is 2.82. The molecule has 206 valence electrons. The smallest absolute Gasteiger partial charge is 0.246 e. The molecule has 0 radical (unpaired) electrons. The van der Waals surface area contributed by atoms with Crippen molar-refractivity contribution in [1.82, 2.24) is 20.4 Å². The highest BCUT2D eigenvalue weighted by atomic mass is 32.1. The Hall–Kier alpha value is -1.50. The summed E-state index contributed by atoms with van der Waals surface area (Å²) in [5, 5.41) is 5.65. The van der Waals surface area contributed by atoms with E-state index < -0.39 is 21.6 Å². The van der Waals surface area contributed by atoms with E-state index in [9.17, 15) is 19.2 Å². The number of carbonyl (C=O) groups excluding carboxylic acids is 4. The first-order valence-corrected chi connectivity index (χ1v) is 13.5. The first-order valence-electron chi connectivity index (χ1n) is 12.6. The number of hydrogen-bond donors (Lipinski definition) is 4. The van der Waals surface area contributed by atoms with E-state index in [0.29, 0.717) is 65.4 Å². The molecule has 2 atom stereocenters. The summed E-state index contributed by atoms with van der Waals surface area (Å²) in [6, 6.07) is -1.53. The van der Waals surface area contributed by atoms with Crippen LogP contribution in [0, 0.1) is 0 Å². The van der Waals surface area contributed by atoms with Crippen LogP contribution in [0.15, 0.2) is 0 Å². The van der Waals surface area contributed by atoms with Gasteiger partial charge in [-0.25, -0.2) is 0 Å². The number of morpholine rings is 2. The zero-order valence-corrected chi connectivity index (χ0v) is 23.7. The highest BCUT2D eigenvalue weighted by Crippen LogP contribution is 2.22. The average molecular weight is 547 g/mol. The Morgan fingerprint density at radius 2 is 1.00 bits per heavy atom. The zero-order valence-electron chi connectivity index (χ0n) is 21.9. The molecule has 36 heavy (non-hydrogen) atoms. The van der Waals surface area contributed by atoms with Crippen LogP contribution in [-0.2, 0) is 28.7 Å². The van der Waals surface area contributed by atoms with E-state index in [-0.39, 0.29) is 36.5 Å². The largest absolute Gasteiger partial charge is 0.378 e. The van der Waals surface area contributed by atoms with E-state index >= 15 is 0 Å². The van der Waals surface area contributed by atoms with Gasteiger partial charge in [0.25, 0.3) is 0 Å². The number of ether oxygens (including phenoxy) is 2. The number of nitrogens with zero attached hydrogens (tertiary/aromatic N) is 2. The van der Waals surface area contributed by atoms with Crippen LogP contribution in [0.3, 0.4) is 0 Å². The van der Waals surface area contributed by atoms with Gasteiger partial charge in [0.05, 0.1) is 26.4 Å². The maximum absolute atomic E-state index is 13.0. The lowest BCUT2D eigenvalue weighted by molar-refractivity contribution is -0.141. The second-order valence-corrected chi connectivity index (χ2v) is 12.7. The standard InChI is InChI=1S/C24H42N4O6S2/c1-23(2,35)19(21(31)27-9-13-33-14-10-27)25-17(29)7-5-6-8-18(30)26-20(24(3,4)36)22(32)28-11-15-34-16-12-28/h19-20,35-36H,5-16H2,1-4H3,(H,25,29)(H,26,30). The van der Waals surface area contributed by atoms with Crippen molar-refractivity contribution in [3.8, 4) is 0 Å². The molecule has 2 aliphatic heterocycles. The lowest BCUT2D eigenvalue weighted by atomic mass is 10.00. The molecule has 0 aromatic heterocycles. The van der Waals surface area contributed by atoms with Crippen LogP contribution in [0.2, 0.25) is 0 Å². The van der Waals surface area contributed by atoms with Crippen LogP contribution in [-0.4, -0.2) is 108 Å². The molecule has 2 N–H and O–H groups in total. The Morgan fingerprint density at radius 1 is 0.694 bits per heavy atom. The van der Waals surface area contributed by atoms with Crippen LogP contribution in [0.5, 0.6) is 0 Å². The fraction of sp³-hybridized carbons (Fsp3) is 0.833. The van der Waals surface area contributed by atoms with Crippen molar-refractivity contribution >= 4 is 48.9 Å². The molecule has 12 heteroatoms. The van der Waals surface area contributed by atoms with E-state index in [1.807, 2.05) is 0 Å². The van der Waals surface area contributed by atoms with Gasteiger partial charge in [0.1, 0.15) is 12.1 Å². The van der Waals surface area contributed by atoms with Crippen molar-refractivity contribution in [1.29, 1.82) is 0 Å². The first kappa shape index (κ1) is 30.7. The van der Waals surface area contributed by atoms with Crippen molar-refractivity contribution in [2.24, 2.45) is 0 Å². The number of nitrogens with one attached hydrogen (secondary N) is 2. The molecule has 0 spiro atoms. The summed E-state index contributed by atoms with van der Waals surface area (Å²) in [6.45, 7) is 11.0. The lowest BCUT2D eigenvalue weighted by Gasteiger charge is -2.36. The molecule has 0 saturated carbocycles. The molecule has 2 rings (SSSR count). The second-order valence-electron chi connectivity index (χ2n) is 10.4. The fourth-order valence-corrected chi connectivity index (χ4v) is 4.40. The van der Waals surface area contributed by atoms with Gasteiger partial charge < -0.3 is 29.9 Å². The highest BCUT2D eigenvalue weighted by molar-refractivity contribution is 7.82. The fourth-order valence-electron chi connectivity index (χ4n) is 4.05. The lowest BCUT2D eigenvalue weighted by Crippen LogP contribution is -2.58. The van der Waals surface area contributed by atoms with Crippen molar-refractivity contribution in [2.75, 3.05) is 52.6 Å². The molecule has 0 aromatic carbocycles. The molecule has 0 bridgehead atoms. The summed E-state index contributed by atoms with van der Waals surface area (Å²) in [4.78, 5) is 54.5. The Kier molecular flexibility index (Phi) is 11.8. The van der Waals surface area contributed by atoms with Crippen LogP contribution >= 0.6 is 25.3 Å². The van der Waals surface area contributed by atoms with Crippen LogP contribution < -0.4 is 10.6 Å². The molecule has 0 aliphatic carbocycles. The third-order valence-corrected chi connectivity index (χ3v) is 6.74. The number of thiol groups is 2. The molecule has 2 aliphatic rings. The minimum Gasteiger partial charge on any atom is -0.378 e. The summed E-state index contributed by atoms with van der Waals surface area (Å²) in [5.74, 6) is -0.866. The Bertz CT molecular complexity index is 708. The van der Waals surface area contributed by atoms with E-state index in [0.717, 1.165) is 0 Å². The third-order valence-electron chi connectivity index (χ3n) is 6.22. The second kappa shape index (κ2) is 13.9. The van der Waals surface area contributed by atoms with Crippen LogP contribution in [0.4, 0.5) is 0 Å². The quantitative estimate of drug-likeness (QED) is 0.223. The molecular formula is C24H42N4O6S2. The van der Waals surface area contributed by atoms with Gasteiger partial charge in [-0.1, -0.05) is 0 Å². The van der Waals surface area contributed by atoms with Gasteiger partial charge in [0.15, 0.2) is 0 Å². The maximum Gasteiger partial charge on any atom is 0.246 e. The molecule has 2 fully saturated rings. The number of amides is 4. The van der Waals surface area contributed by atoms with Crippen LogP contribution in [0.1, 0.15) is 53.4 Å². The molecule has 10 nitrogen and oxygen atoms in total. The summed E-state index contributed by atoms with van der Waals surface area (Å²) >= 11 is 9.08. The minimum atomic E-state index is -0.765. The molecule has 2 heterocycles. The van der Waals surface area contributed by atoms with Gasteiger partial charge in [-0.3, -0.25) is 19.2 Å². The summed E-state index contributed by atoms with van der Waals surface area (Å²) in [5.41, 5.74) is 0. The SMILES string of the molecule is CC(C)(S)C(NC(=O)CCCCC(=O)NC(C(=O)N1CCOCC1)C(C)(C)S)C(=O)N1CCOCC1. The predicted molar refractivity (Wildman–Crippen MR) is 143 cm³/mol.